The van der Waals surface area contributed by atoms with E-state index >= 15 is 0 Å². The van der Waals surface area contributed by atoms with Crippen molar-refractivity contribution in [1.29, 1.82) is 0 Å². The molecule has 3 nitrogen and oxygen atoms in total. The first kappa shape index (κ1) is 17.4. The lowest BCUT2D eigenvalue weighted by atomic mass is 10.0. The molecule has 5 heteroatoms. The van der Waals surface area contributed by atoms with Gasteiger partial charge in [-0.05, 0) is 30.7 Å². The number of aryl methyl sites for hydroxylation is 1. The summed E-state index contributed by atoms with van der Waals surface area (Å²) < 4.78 is 6.66. The van der Waals surface area contributed by atoms with Crippen molar-refractivity contribution in [2.45, 2.75) is 25.1 Å². The summed E-state index contributed by atoms with van der Waals surface area (Å²) in [5.41, 5.74) is 3.56. The molecule has 1 N–H and O–H groups in total. The van der Waals surface area contributed by atoms with Gasteiger partial charge in [-0.3, -0.25) is 4.79 Å². The van der Waals surface area contributed by atoms with E-state index in [4.69, 9.17) is 4.74 Å². The molecule has 0 aliphatic carbocycles. The quantitative estimate of drug-likeness (QED) is 0.787. The molecular weight excluding hydrogens is 386 g/mol. The molecule has 0 fully saturated rings. The summed E-state index contributed by atoms with van der Waals surface area (Å²) in [6.45, 7) is 2.72. The molecule has 1 heterocycles. The van der Waals surface area contributed by atoms with Crippen molar-refractivity contribution in [1.82, 2.24) is 5.32 Å². The van der Waals surface area contributed by atoms with Crippen LogP contribution in [0.1, 0.15) is 29.2 Å². The summed E-state index contributed by atoms with van der Waals surface area (Å²) in [5, 5.41) is 3.14. The summed E-state index contributed by atoms with van der Waals surface area (Å²) in [4.78, 5) is 12.3. The fourth-order valence-corrected chi connectivity index (χ4v) is 3.98. The Labute approximate surface area is 155 Å². The largest absolute Gasteiger partial charge is 0.493 e. The van der Waals surface area contributed by atoms with Crippen molar-refractivity contribution in [2.75, 3.05) is 12.4 Å². The predicted octanol–water partition coefficient (Wildman–Crippen LogP) is 4.63. The maximum Gasteiger partial charge on any atom is 0.230 e. The number of halogens is 1. The predicted molar refractivity (Wildman–Crippen MR) is 102 cm³/mol. The number of nitrogens with one attached hydrogen (secondary N) is 1. The number of hydrogen-bond acceptors (Lipinski definition) is 3. The Kier molecular flexibility index (Phi) is 5.85. The summed E-state index contributed by atoms with van der Waals surface area (Å²) in [7, 11) is 0. The molecule has 0 radical (unpaired) electrons. The lowest BCUT2D eigenvalue weighted by Gasteiger charge is -2.27. The number of rotatable bonds is 5. The standard InChI is InChI=1S/C19H20BrNO2S/c1-13-3-2-4-14(9-13)11-24-12-19(22)21-17-7-8-23-18-6-5-15(20)10-16(17)18/h2-6,9-10,17H,7-8,11-12H2,1H3,(H,21,22). The van der Waals surface area contributed by atoms with Crippen LogP contribution in [0.15, 0.2) is 46.9 Å². The van der Waals surface area contributed by atoms with Gasteiger partial charge in [-0.1, -0.05) is 45.8 Å². The summed E-state index contributed by atoms with van der Waals surface area (Å²) in [6.07, 6.45) is 0.803. The van der Waals surface area contributed by atoms with E-state index in [1.165, 1.54) is 11.1 Å². The molecule has 2 aromatic carbocycles. The van der Waals surface area contributed by atoms with Gasteiger partial charge >= 0.3 is 0 Å². The lowest BCUT2D eigenvalue weighted by Crippen LogP contribution is -2.33. The lowest BCUT2D eigenvalue weighted by molar-refractivity contribution is -0.119. The minimum atomic E-state index is 0.0262. The number of amides is 1. The van der Waals surface area contributed by atoms with Crippen molar-refractivity contribution in [3.63, 3.8) is 0 Å². The van der Waals surface area contributed by atoms with Crippen molar-refractivity contribution >= 4 is 33.6 Å². The Balaban J connectivity index is 1.53. The molecule has 24 heavy (non-hydrogen) atoms. The van der Waals surface area contributed by atoms with Crippen LogP contribution in [0.4, 0.5) is 0 Å². The number of hydrogen-bond donors (Lipinski definition) is 1. The van der Waals surface area contributed by atoms with Crippen LogP contribution < -0.4 is 10.1 Å². The Morgan fingerprint density at radius 2 is 2.21 bits per heavy atom. The second-order valence-electron chi connectivity index (χ2n) is 5.92. The molecule has 0 spiro atoms. The minimum Gasteiger partial charge on any atom is -0.493 e. The average molecular weight is 406 g/mol. The minimum absolute atomic E-state index is 0.0262. The van der Waals surface area contributed by atoms with Crippen LogP contribution in [0.5, 0.6) is 5.75 Å². The molecule has 2 aromatic rings. The average Bonchev–Trinajstić information content (AvgIpc) is 2.55. The van der Waals surface area contributed by atoms with Crippen molar-refractivity contribution < 1.29 is 9.53 Å². The van der Waals surface area contributed by atoms with E-state index in [0.29, 0.717) is 12.4 Å². The first-order chi connectivity index (χ1) is 11.6. The molecule has 0 aromatic heterocycles. The van der Waals surface area contributed by atoms with Gasteiger partial charge in [0.1, 0.15) is 5.75 Å². The zero-order chi connectivity index (χ0) is 16.9. The Morgan fingerprint density at radius 3 is 3.04 bits per heavy atom. The van der Waals surface area contributed by atoms with Crippen LogP contribution in [0, 0.1) is 6.92 Å². The molecular formula is C19H20BrNO2S. The van der Waals surface area contributed by atoms with Gasteiger partial charge in [-0.25, -0.2) is 0 Å². The molecule has 0 saturated heterocycles. The second-order valence-corrected chi connectivity index (χ2v) is 7.82. The van der Waals surface area contributed by atoms with E-state index in [0.717, 1.165) is 28.0 Å². The van der Waals surface area contributed by atoms with E-state index in [2.05, 4.69) is 52.4 Å². The first-order valence-electron chi connectivity index (χ1n) is 7.97. The fourth-order valence-electron chi connectivity index (χ4n) is 2.81. The van der Waals surface area contributed by atoms with E-state index in [9.17, 15) is 4.79 Å². The number of ether oxygens (including phenoxy) is 1. The zero-order valence-electron chi connectivity index (χ0n) is 13.5. The highest BCUT2D eigenvalue weighted by Crippen LogP contribution is 2.34. The van der Waals surface area contributed by atoms with E-state index < -0.39 is 0 Å². The Hall–Kier alpha value is -1.46. The highest BCUT2D eigenvalue weighted by molar-refractivity contribution is 9.10. The molecule has 1 amide bonds. The number of thioether (sulfide) groups is 1. The Bertz CT molecular complexity index is 735. The molecule has 1 aliphatic heterocycles. The molecule has 0 bridgehead atoms. The normalized spacial score (nSPS) is 16.2. The second kappa shape index (κ2) is 8.08. The van der Waals surface area contributed by atoms with Crippen LogP contribution in [-0.4, -0.2) is 18.3 Å². The van der Waals surface area contributed by atoms with Crippen molar-refractivity contribution in [3.8, 4) is 5.75 Å². The summed E-state index contributed by atoms with van der Waals surface area (Å²) in [5.74, 6) is 2.26. The van der Waals surface area contributed by atoms with Gasteiger partial charge in [0, 0.05) is 22.2 Å². The highest BCUT2D eigenvalue weighted by atomic mass is 79.9. The van der Waals surface area contributed by atoms with Crippen molar-refractivity contribution in [3.05, 3.63) is 63.6 Å². The third-order valence-corrected chi connectivity index (χ3v) is 5.43. The Morgan fingerprint density at radius 1 is 1.33 bits per heavy atom. The van der Waals surface area contributed by atoms with Crippen LogP contribution in [-0.2, 0) is 10.5 Å². The maximum atomic E-state index is 12.3. The van der Waals surface area contributed by atoms with Gasteiger partial charge in [0.2, 0.25) is 5.91 Å². The van der Waals surface area contributed by atoms with E-state index in [-0.39, 0.29) is 11.9 Å². The van der Waals surface area contributed by atoms with Gasteiger partial charge in [-0.2, -0.15) is 0 Å². The number of carbonyl (C=O) groups is 1. The third kappa shape index (κ3) is 4.54. The first-order valence-corrected chi connectivity index (χ1v) is 9.91. The summed E-state index contributed by atoms with van der Waals surface area (Å²) >= 11 is 5.13. The van der Waals surface area contributed by atoms with Crippen LogP contribution in [0.25, 0.3) is 0 Å². The smallest absolute Gasteiger partial charge is 0.230 e. The number of carbonyl (C=O) groups excluding carboxylic acids is 1. The van der Waals surface area contributed by atoms with Crippen LogP contribution >= 0.6 is 27.7 Å². The topological polar surface area (TPSA) is 38.3 Å². The van der Waals surface area contributed by atoms with Gasteiger partial charge < -0.3 is 10.1 Å². The molecule has 3 rings (SSSR count). The van der Waals surface area contributed by atoms with E-state index in [1.54, 1.807) is 11.8 Å². The van der Waals surface area contributed by atoms with E-state index in [1.807, 2.05) is 18.2 Å². The van der Waals surface area contributed by atoms with Gasteiger partial charge in [0.25, 0.3) is 0 Å². The monoisotopic (exact) mass is 405 g/mol. The third-order valence-electron chi connectivity index (χ3n) is 3.93. The molecule has 126 valence electrons. The van der Waals surface area contributed by atoms with Crippen LogP contribution in [0.2, 0.25) is 0 Å². The summed E-state index contributed by atoms with van der Waals surface area (Å²) in [6, 6.07) is 14.4. The number of benzene rings is 2. The molecule has 0 saturated carbocycles. The number of fused-ring (bicyclic) bond motifs is 1. The highest BCUT2D eigenvalue weighted by Gasteiger charge is 2.23. The maximum absolute atomic E-state index is 12.3. The SMILES string of the molecule is Cc1cccc(CSCC(=O)NC2CCOc3ccc(Br)cc32)c1. The van der Waals surface area contributed by atoms with Crippen LogP contribution in [0.3, 0.4) is 0 Å². The van der Waals surface area contributed by atoms with Crippen molar-refractivity contribution in [2.24, 2.45) is 0 Å². The van der Waals surface area contributed by atoms with Gasteiger partial charge in [-0.15, -0.1) is 11.8 Å². The van der Waals surface area contributed by atoms with Gasteiger partial charge in [0.05, 0.1) is 18.4 Å². The zero-order valence-corrected chi connectivity index (χ0v) is 16.0. The van der Waals surface area contributed by atoms with Gasteiger partial charge in [0.15, 0.2) is 0 Å². The fraction of sp³-hybridized carbons (Fsp3) is 0.316. The molecule has 1 atom stereocenters. The molecule has 1 aliphatic rings. The molecule has 1 unspecified atom stereocenters.